The molecule has 0 spiro atoms. The molecule has 1 aromatic carbocycles. The van der Waals surface area contributed by atoms with Crippen LogP contribution in [0.5, 0.6) is 0 Å². The Morgan fingerprint density at radius 2 is 2.07 bits per heavy atom. The molecular formula is C10H9FN2OS. The smallest absolute Gasteiger partial charge is 0.255 e. The lowest BCUT2D eigenvalue weighted by Gasteiger charge is -1.99. The summed E-state index contributed by atoms with van der Waals surface area (Å²) in [6.07, 6.45) is 0. The van der Waals surface area contributed by atoms with Gasteiger partial charge in [0.2, 0.25) is 0 Å². The molecule has 0 aliphatic carbocycles. The van der Waals surface area contributed by atoms with E-state index in [2.05, 4.69) is 5.10 Å². The fourth-order valence-electron chi connectivity index (χ4n) is 1.27. The lowest BCUT2D eigenvalue weighted by Crippen LogP contribution is -2.15. The zero-order chi connectivity index (χ0) is 10.8. The molecule has 0 atom stereocenters. The highest BCUT2D eigenvalue weighted by molar-refractivity contribution is 7.08. The second-order valence-electron chi connectivity index (χ2n) is 3.17. The minimum atomic E-state index is -0.277. The summed E-state index contributed by atoms with van der Waals surface area (Å²) in [7, 11) is 0. The number of aromatic nitrogens is 2. The SMILES string of the molecule is Cc1nn(Cc2ccc(F)cc2)c(=O)s1. The summed E-state index contributed by atoms with van der Waals surface area (Å²) in [6, 6.07) is 6.05. The lowest BCUT2D eigenvalue weighted by atomic mass is 10.2. The Morgan fingerprint density at radius 1 is 1.40 bits per heavy atom. The third kappa shape index (κ3) is 2.30. The number of hydrogen-bond acceptors (Lipinski definition) is 3. The number of aryl methyl sites for hydroxylation is 1. The number of benzene rings is 1. The van der Waals surface area contributed by atoms with Gasteiger partial charge in [0.25, 0.3) is 0 Å². The zero-order valence-electron chi connectivity index (χ0n) is 8.11. The Hall–Kier alpha value is -1.49. The first-order chi connectivity index (χ1) is 7.15. The van der Waals surface area contributed by atoms with Crippen LogP contribution in [0, 0.1) is 12.7 Å². The molecule has 1 aromatic heterocycles. The molecule has 3 nitrogen and oxygen atoms in total. The standard InChI is InChI=1S/C10H9FN2OS/c1-7-12-13(10(14)15-7)6-8-2-4-9(11)5-3-8/h2-5H,6H2,1H3. The first-order valence-electron chi connectivity index (χ1n) is 4.44. The highest BCUT2D eigenvalue weighted by atomic mass is 32.1. The average molecular weight is 224 g/mol. The maximum atomic E-state index is 12.6. The molecule has 0 saturated heterocycles. The van der Waals surface area contributed by atoms with Gasteiger partial charge in [0.15, 0.2) is 0 Å². The maximum absolute atomic E-state index is 12.6. The lowest BCUT2D eigenvalue weighted by molar-refractivity contribution is 0.622. The Morgan fingerprint density at radius 3 is 2.60 bits per heavy atom. The normalized spacial score (nSPS) is 10.5. The average Bonchev–Trinajstić information content (AvgIpc) is 2.49. The number of hydrogen-bond donors (Lipinski definition) is 0. The number of halogens is 1. The van der Waals surface area contributed by atoms with Gasteiger partial charge in [0.05, 0.1) is 6.54 Å². The molecule has 2 rings (SSSR count). The van der Waals surface area contributed by atoms with E-state index in [0.717, 1.165) is 21.9 Å². The van der Waals surface area contributed by atoms with E-state index in [9.17, 15) is 9.18 Å². The Kier molecular flexibility index (Phi) is 2.64. The van der Waals surface area contributed by atoms with E-state index in [1.165, 1.54) is 16.8 Å². The van der Waals surface area contributed by atoms with Crippen LogP contribution in [0.2, 0.25) is 0 Å². The number of nitrogens with zero attached hydrogens (tertiary/aromatic N) is 2. The van der Waals surface area contributed by atoms with Gasteiger partial charge in [-0.2, -0.15) is 5.10 Å². The topological polar surface area (TPSA) is 34.9 Å². The molecule has 2 aromatic rings. The molecule has 5 heteroatoms. The minimum absolute atomic E-state index is 0.0863. The van der Waals surface area contributed by atoms with E-state index < -0.39 is 0 Å². The fraction of sp³-hybridized carbons (Fsp3) is 0.200. The van der Waals surface area contributed by atoms with Crippen molar-refractivity contribution in [2.45, 2.75) is 13.5 Å². The van der Waals surface area contributed by atoms with Crippen LogP contribution in [0.15, 0.2) is 29.1 Å². The second-order valence-corrected chi connectivity index (χ2v) is 4.32. The first-order valence-corrected chi connectivity index (χ1v) is 5.26. The van der Waals surface area contributed by atoms with Gasteiger partial charge in [-0.15, -0.1) is 0 Å². The van der Waals surface area contributed by atoms with Crippen LogP contribution in [0.4, 0.5) is 4.39 Å². The van der Waals surface area contributed by atoms with Gasteiger partial charge in [-0.1, -0.05) is 23.5 Å². The minimum Gasteiger partial charge on any atom is -0.255 e. The second kappa shape index (κ2) is 3.94. The Balaban J connectivity index is 2.25. The van der Waals surface area contributed by atoms with Gasteiger partial charge in [-0.3, -0.25) is 4.79 Å². The molecule has 0 fully saturated rings. The van der Waals surface area contributed by atoms with Gasteiger partial charge in [0, 0.05) is 0 Å². The van der Waals surface area contributed by atoms with E-state index in [-0.39, 0.29) is 10.7 Å². The maximum Gasteiger partial charge on any atom is 0.325 e. The van der Waals surface area contributed by atoms with Gasteiger partial charge in [0.1, 0.15) is 10.8 Å². The van der Waals surface area contributed by atoms with Gasteiger partial charge >= 0.3 is 4.87 Å². The molecule has 0 unspecified atom stereocenters. The molecule has 0 bridgehead atoms. The van der Waals surface area contributed by atoms with Crippen molar-refractivity contribution in [3.05, 3.63) is 50.3 Å². The molecule has 0 aliphatic rings. The van der Waals surface area contributed by atoms with Gasteiger partial charge in [-0.05, 0) is 24.6 Å². The van der Waals surface area contributed by atoms with Crippen LogP contribution in [0.3, 0.4) is 0 Å². The van der Waals surface area contributed by atoms with Crippen molar-refractivity contribution in [2.75, 3.05) is 0 Å². The van der Waals surface area contributed by atoms with Crippen LogP contribution >= 0.6 is 11.3 Å². The largest absolute Gasteiger partial charge is 0.325 e. The van der Waals surface area contributed by atoms with E-state index in [1.807, 2.05) is 0 Å². The summed E-state index contributed by atoms with van der Waals surface area (Å²) in [4.78, 5) is 11.3. The van der Waals surface area contributed by atoms with E-state index in [1.54, 1.807) is 19.1 Å². The summed E-state index contributed by atoms with van der Waals surface area (Å²) in [5.74, 6) is -0.277. The number of rotatable bonds is 2. The van der Waals surface area contributed by atoms with E-state index >= 15 is 0 Å². The van der Waals surface area contributed by atoms with E-state index in [4.69, 9.17) is 0 Å². The van der Waals surface area contributed by atoms with Crippen molar-refractivity contribution >= 4 is 11.3 Å². The van der Waals surface area contributed by atoms with Crippen LogP contribution in [0.1, 0.15) is 10.6 Å². The van der Waals surface area contributed by atoms with Crippen molar-refractivity contribution in [2.24, 2.45) is 0 Å². The molecule has 0 saturated carbocycles. The highest BCUT2D eigenvalue weighted by Crippen LogP contribution is 2.04. The van der Waals surface area contributed by atoms with Gasteiger partial charge in [-0.25, -0.2) is 9.07 Å². The molecule has 0 aliphatic heterocycles. The summed E-state index contributed by atoms with van der Waals surface area (Å²) < 4.78 is 14.0. The van der Waals surface area contributed by atoms with Crippen LogP contribution < -0.4 is 4.87 Å². The molecule has 1 heterocycles. The van der Waals surface area contributed by atoms with Crippen molar-refractivity contribution < 1.29 is 4.39 Å². The van der Waals surface area contributed by atoms with Crippen molar-refractivity contribution in [1.82, 2.24) is 9.78 Å². The molecule has 0 radical (unpaired) electrons. The molecule has 0 N–H and O–H groups in total. The third-order valence-electron chi connectivity index (χ3n) is 1.95. The van der Waals surface area contributed by atoms with Crippen molar-refractivity contribution in [1.29, 1.82) is 0 Å². The van der Waals surface area contributed by atoms with Crippen LogP contribution in [0.25, 0.3) is 0 Å². The first kappa shape index (κ1) is 10.0. The summed E-state index contributed by atoms with van der Waals surface area (Å²) >= 11 is 1.11. The third-order valence-corrected chi connectivity index (χ3v) is 2.72. The molecule has 15 heavy (non-hydrogen) atoms. The predicted molar refractivity (Wildman–Crippen MR) is 56.6 cm³/mol. The predicted octanol–water partition coefficient (Wildman–Crippen LogP) is 1.80. The zero-order valence-corrected chi connectivity index (χ0v) is 8.92. The Labute approximate surface area is 89.8 Å². The van der Waals surface area contributed by atoms with E-state index in [0.29, 0.717) is 6.54 Å². The monoisotopic (exact) mass is 224 g/mol. The van der Waals surface area contributed by atoms with Gasteiger partial charge < -0.3 is 0 Å². The fourth-order valence-corrected chi connectivity index (χ4v) is 1.88. The molecular weight excluding hydrogens is 215 g/mol. The van der Waals surface area contributed by atoms with Crippen LogP contribution in [-0.4, -0.2) is 9.78 Å². The van der Waals surface area contributed by atoms with Crippen molar-refractivity contribution in [3.8, 4) is 0 Å². The van der Waals surface area contributed by atoms with Crippen LogP contribution in [-0.2, 0) is 6.54 Å². The summed E-state index contributed by atoms with van der Waals surface area (Å²) in [5.41, 5.74) is 0.865. The molecule has 78 valence electrons. The van der Waals surface area contributed by atoms with Crippen molar-refractivity contribution in [3.63, 3.8) is 0 Å². The summed E-state index contributed by atoms with van der Waals surface area (Å²) in [6.45, 7) is 2.18. The Bertz CT molecular complexity index is 515. The summed E-state index contributed by atoms with van der Waals surface area (Å²) in [5, 5.41) is 4.79. The molecule has 0 amide bonds. The highest BCUT2D eigenvalue weighted by Gasteiger charge is 2.03. The quantitative estimate of drug-likeness (QED) is 0.779.